The number of rotatable bonds is 5. The second-order valence-electron chi connectivity index (χ2n) is 9.64. The van der Waals surface area contributed by atoms with Gasteiger partial charge in [-0.15, -0.1) is 0 Å². The summed E-state index contributed by atoms with van der Waals surface area (Å²) in [6.45, 7) is 0. The smallest absolute Gasteiger partial charge is 0.219 e. The van der Waals surface area contributed by atoms with Crippen LogP contribution in [0.4, 0.5) is 17.8 Å². The van der Waals surface area contributed by atoms with Gasteiger partial charge in [0.05, 0.1) is 5.71 Å². The fourth-order valence-electron chi connectivity index (χ4n) is 5.03. The van der Waals surface area contributed by atoms with Gasteiger partial charge in [-0.1, -0.05) is 121 Å². The van der Waals surface area contributed by atoms with Crippen molar-refractivity contribution >= 4 is 63.6 Å². The molecule has 0 radical (unpaired) electrons. The van der Waals surface area contributed by atoms with Crippen LogP contribution in [0.3, 0.4) is 0 Å². The van der Waals surface area contributed by atoms with Crippen molar-refractivity contribution < 1.29 is 0 Å². The molecule has 6 heteroatoms. The summed E-state index contributed by atoms with van der Waals surface area (Å²) in [5.41, 5.74) is 5.03. The maximum Gasteiger partial charge on any atom is 0.256 e. The third-order valence-electron chi connectivity index (χ3n) is 7.00. The van der Waals surface area contributed by atoms with Crippen LogP contribution in [0.1, 0.15) is 28.7 Å². The van der Waals surface area contributed by atoms with Crippen LogP contribution in [0, 0.1) is 0 Å². The zero-order valence-electron chi connectivity index (χ0n) is 22.1. The fourth-order valence-corrected chi connectivity index (χ4v) is 5.03. The molecule has 0 atom stereocenters. The normalized spacial score (nSPS) is 14.0. The Kier molecular flexibility index (Phi) is 6.47. The summed E-state index contributed by atoms with van der Waals surface area (Å²) >= 11 is 0. The van der Waals surface area contributed by atoms with Gasteiger partial charge in [-0.25, -0.2) is 15.0 Å². The summed E-state index contributed by atoms with van der Waals surface area (Å²) in [4.78, 5) is 27.9. The summed E-state index contributed by atoms with van der Waals surface area (Å²) in [5.74, 6) is 0.768. The van der Waals surface area contributed by atoms with Gasteiger partial charge in [0, 0.05) is 35.5 Å². The van der Waals surface area contributed by atoms with Crippen molar-refractivity contribution in [2.45, 2.75) is 6.42 Å². The van der Waals surface area contributed by atoms with Crippen LogP contribution in [0.15, 0.2) is 130 Å². The molecule has 0 spiro atoms. The van der Waals surface area contributed by atoms with E-state index >= 15 is 0 Å². The van der Waals surface area contributed by atoms with E-state index in [1.807, 2.05) is 60.7 Å². The molecule has 6 aromatic rings. The van der Waals surface area contributed by atoms with Crippen molar-refractivity contribution in [1.82, 2.24) is 15.0 Å². The second kappa shape index (κ2) is 10.9. The molecule has 41 heavy (non-hydrogen) atoms. The number of aromatic nitrogens is 3. The Morgan fingerprint density at radius 2 is 1.07 bits per heavy atom. The molecule has 0 fully saturated rings. The molecule has 0 unspecified atom stereocenters. The van der Waals surface area contributed by atoms with Crippen LogP contribution >= 0.6 is 0 Å². The minimum Gasteiger partial charge on any atom is -0.219 e. The molecule has 1 aromatic heterocycles. The van der Waals surface area contributed by atoms with E-state index < -0.39 is 0 Å². The first-order chi connectivity index (χ1) is 20.3. The van der Waals surface area contributed by atoms with E-state index in [4.69, 9.17) is 4.99 Å². The molecule has 0 saturated heterocycles. The lowest BCUT2D eigenvalue weighted by Gasteiger charge is -2.12. The third kappa shape index (κ3) is 5.18. The predicted octanol–water partition coefficient (Wildman–Crippen LogP) is 8.22. The summed E-state index contributed by atoms with van der Waals surface area (Å²) in [7, 11) is 0. The summed E-state index contributed by atoms with van der Waals surface area (Å²) in [6, 6.07) is 36.9. The van der Waals surface area contributed by atoms with Crippen molar-refractivity contribution in [2.24, 2.45) is 15.0 Å². The number of aliphatic imine (C=N–C) groups is 3. The van der Waals surface area contributed by atoms with Gasteiger partial charge in [-0.3, -0.25) is 0 Å². The Morgan fingerprint density at radius 1 is 0.537 bits per heavy atom. The Morgan fingerprint density at radius 3 is 1.73 bits per heavy atom. The summed E-state index contributed by atoms with van der Waals surface area (Å²) in [6.07, 6.45) is 8.46. The Labute approximate surface area is 237 Å². The van der Waals surface area contributed by atoms with E-state index in [1.165, 1.54) is 0 Å². The molecule has 1 aliphatic rings. The van der Waals surface area contributed by atoms with Gasteiger partial charge in [-0.05, 0) is 27.1 Å². The molecule has 0 bridgehead atoms. The summed E-state index contributed by atoms with van der Waals surface area (Å²) < 4.78 is 0. The standard InChI is InChI=1S/C35H24N6/c1-4-18-29-24(10-1)13-7-16-27(29)22-36-33-39-34(37-23-28-17-8-14-25-11-2-5-19-30(25)28)41-35(40-33)38-32-21-9-15-26-12-3-6-20-31(26)32/h1-20,22-23H,21H2. The maximum absolute atomic E-state index is 4.85. The van der Waals surface area contributed by atoms with Crippen LogP contribution in [-0.4, -0.2) is 33.1 Å². The SMILES string of the molecule is C1=Cc2ccccc2C(=Nc2nc(N=Cc3cccc4ccccc34)nc(N=Cc3cccc4ccccc34)n2)C1. The maximum atomic E-state index is 4.85. The number of hydrogen-bond donors (Lipinski definition) is 0. The molecule has 7 rings (SSSR count). The van der Waals surface area contributed by atoms with Crippen LogP contribution in [0.25, 0.3) is 27.6 Å². The Balaban J connectivity index is 1.31. The molecule has 6 nitrogen and oxygen atoms in total. The highest BCUT2D eigenvalue weighted by Gasteiger charge is 2.13. The molecule has 5 aromatic carbocycles. The monoisotopic (exact) mass is 528 g/mol. The minimum absolute atomic E-state index is 0.247. The van der Waals surface area contributed by atoms with Crippen LogP contribution in [0.2, 0.25) is 0 Å². The molecular formula is C35H24N6. The third-order valence-corrected chi connectivity index (χ3v) is 7.00. The Bertz CT molecular complexity index is 1920. The van der Waals surface area contributed by atoms with E-state index in [1.54, 1.807) is 12.4 Å². The van der Waals surface area contributed by atoms with Crippen molar-refractivity contribution in [2.75, 3.05) is 0 Å². The van der Waals surface area contributed by atoms with E-state index in [0.717, 1.165) is 49.5 Å². The molecule has 0 saturated carbocycles. The zero-order valence-corrected chi connectivity index (χ0v) is 22.1. The first-order valence-corrected chi connectivity index (χ1v) is 13.4. The highest BCUT2D eigenvalue weighted by molar-refractivity contribution is 6.07. The highest BCUT2D eigenvalue weighted by Crippen LogP contribution is 2.24. The number of fused-ring (bicyclic) bond motifs is 3. The van der Waals surface area contributed by atoms with Gasteiger partial charge in [0.25, 0.3) is 17.8 Å². The van der Waals surface area contributed by atoms with Gasteiger partial charge in [-0.2, -0.15) is 15.0 Å². The number of hydrogen-bond acceptors (Lipinski definition) is 6. The van der Waals surface area contributed by atoms with Gasteiger partial charge >= 0.3 is 0 Å². The van der Waals surface area contributed by atoms with Crippen LogP contribution in [-0.2, 0) is 0 Å². The minimum atomic E-state index is 0.247. The largest absolute Gasteiger partial charge is 0.256 e. The van der Waals surface area contributed by atoms with Gasteiger partial charge in [0.2, 0.25) is 0 Å². The highest BCUT2D eigenvalue weighted by atomic mass is 15.2. The quantitative estimate of drug-likeness (QED) is 0.212. The second-order valence-corrected chi connectivity index (χ2v) is 9.64. The molecule has 0 aliphatic heterocycles. The first kappa shape index (κ1) is 24.4. The predicted molar refractivity (Wildman–Crippen MR) is 169 cm³/mol. The fraction of sp³-hybridized carbons (Fsp3) is 0.0286. The lowest BCUT2D eigenvalue weighted by Crippen LogP contribution is -2.06. The number of benzene rings is 5. The van der Waals surface area contributed by atoms with Crippen LogP contribution in [0.5, 0.6) is 0 Å². The molecule has 0 amide bonds. The van der Waals surface area contributed by atoms with E-state index in [-0.39, 0.29) is 17.8 Å². The van der Waals surface area contributed by atoms with E-state index in [0.29, 0.717) is 6.42 Å². The van der Waals surface area contributed by atoms with Crippen molar-refractivity contribution in [3.8, 4) is 0 Å². The van der Waals surface area contributed by atoms with Gasteiger partial charge in [0.1, 0.15) is 0 Å². The number of nitrogens with zero attached hydrogens (tertiary/aromatic N) is 6. The lowest BCUT2D eigenvalue weighted by molar-refractivity contribution is 1.02. The topological polar surface area (TPSA) is 75.8 Å². The molecule has 194 valence electrons. The van der Waals surface area contributed by atoms with Crippen molar-refractivity contribution in [1.29, 1.82) is 0 Å². The average Bonchev–Trinajstić information content (AvgIpc) is 3.03. The van der Waals surface area contributed by atoms with E-state index in [2.05, 4.69) is 85.6 Å². The molecular weight excluding hydrogens is 504 g/mol. The van der Waals surface area contributed by atoms with Crippen molar-refractivity contribution in [3.63, 3.8) is 0 Å². The summed E-state index contributed by atoms with van der Waals surface area (Å²) in [5, 5.41) is 4.49. The number of allylic oxidation sites excluding steroid dienone is 1. The molecule has 0 N–H and O–H groups in total. The average molecular weight is 529 g/mol. The zero-order chi connectivity index (χ0) is 27.4. The van der Waals surface area contributed by atoms with Crippen LogP contribution < -0.4 is 0 Å². The van der Waals surface area contributed by atoms with Gasteiger partial charge in [0.15, 0.2) is 0 Å². The molecule has 1 aliphatic carbocycles. The lowest BCUT2D eigenvalue weighted by atomic mass is 9.96. The van der Waals surface area contributed by atoms with Gasteiger partial charge < -0.3 is 0 Å². The molecule has 1 heterocycles. The first-order valence-electron chi connectivity index (χ1n) is 13.4. The van der Waals surface area contributed by atoms with E-state index in [9.17, 15) is 0 Å². The van der Waals surface area contributed by atoms with Crippen molar-refractivity contribution in [3.05, 3.63) is 138 Å². The Hall–Kier alpha value is -5.62.